The summed E-state index contributed by atoms with van der Waals surface area (Å²) >= 11 is 3.00. The van der Waals surface area contributed by atoms with Gasteiger partial charge in [-0.1, -0.05) is 67.1 Å². The van der Waals surface area contributed by atoms with Crippen LogP contribution in [0.25, 0.3) is 0 Å². The third-order valence-corrected chi connectivity index (χ3v) is 7.49. The topological polar surface area (TPSA) is 118 Å². The van der Waals surface area contributed by atoms with Gasteiger partial charge in [-0.3, -0.25) is 14.8 Å². The average Bonchev–Trinajstić information content (AvgIpc) is 3.63. The third kappa shape index (κ3) is 9.07. The van der Waals surface area contributed by atoms with E-state index in [1.807, 2.05) is 42.6 Å². The molecule has 1 aliphatic carbocycles. The number of allylic oxidation sites excluding steroid dienone is 2. The molecule has 9 nitrogen and oxygen atoms in total. The highest BCUT2D eigenvalue weighted by Crippen LogP contribution is 2.35. The molecule has 1 saturated carbocycles. The summed E-state index contributed by atoms with van der Waals surface area (Å²) in [6, 6.07) is 11.5. The Morgan fingerprint density at radius 2 is 1.66 bits per heavy atom. The zero-order valence-electron chi connectivity index (χ0n) is 21.4. The zero-order chi connectivity index (χ0) is 26.4. The molecule has 4 aromatic heterocycles. The number of aromatic nitrogens is 6. The molecule has 198 valence electrons. The fraction of sp³-hybridized carbons (Fsp3) is 0.370. The van der Waals surface area contributed by atoms with Gasteiger partial charge in [-0.25, -0.2) is 0 Å². The standard InChI is InChI=1S/C15H18N4OS.C12H14N4S/c20-13(10-12-8-4-5-9-16-12)17-15-19-18-14(21-15)11-6-2-1-3-7-11;1-2-5-11(15-12-16-14-9-17-12)8-10-6-3-4-7-13-10/h4-5,8-9,11H,1-3,6-7,10H2,(H,17,19,20);3-7,9H,2,8H2,1H3,(H,15,16)/b;11-5+. The van der Waals surface area contributed by atoms with Crippen molar-refractivity contribution in [3.05, 3.63) is 82.5 Å². The first-order valence-electron chi connectivity index (χ1n) is 12.8. The van der Waals surface area contributed by atoms with Crippen molar-refractivity contribution in [3.8, 4) is 0 Å². The summed E-state index contributed by atoms with van der Waals surface area (Å²) in [6.07, 6.45) is 13.9. The number of amides is 1. The van der Waals surface area contributed by atoms with Gasteiger partial charge in [0.1, 0.15) is 10.5 Å². The molecule has 0 aliphatic heterocycles. The van der Waals surface area contributed by atoms with Gasteiger partial charge in [0.25, 0.3) is 0 Å². The minimum absolute atomic E-state index is 0.0972. The van der Waals surface area contributed by atoms with Crippen molar-refractivity contribution in [2.75, 3.05) is 10.6 Å². The van der Waals surface area contributed by atoms with Crippen molar-refractivity contribution in [2.24, 2.45) is 0 Å². The molecule has 4 heterocycles. The minimum atomic E-state index is -0.0972. The predicted octanol–water partition coefficient (Wildman–Crippen LogP) is 6.04. The minimum Gasteiger partial charge on any atom is -0.334 e. The van der Waals surface area contributed by atoms with E-state index in [1.165, 1.54) is 54.8 Å². The summed E-state index contributed by atoms with van der Waals surface area (Å²) in [5.74, 6) is 0.428. The van der Waals surface area contributed by atoms with E-state index in [1.54, 1.807) is 11.7 Å². The van der Waals surface area contributed by atoms with Crippen LogP contribution >= 0.6 is 22.7 Å². The van der Waals surface area contributed by atoms with Gasteiger partial charge in [0.2, 0.25) is 16.2 Å². The summed E-state index contributed by atoms with van der Waals surface area (Å²) in [5.41, 5.74) is 4.63. The lowest BCUT2D eigenvalue weighted by atomic mass is 9.90. The number of anilines is 2. The summed E-state index contributed by atoms with van der Waals surface area (Å²) in [5, 5.41) is 24.7. The van der Waals surface area contributed by atoms with Gasteiger partial charge in [0, 0.05) is 41.8 Å². The van der Waals surface area contributed by atoms with Crippen molar-refractivity contribution in [3.63, 3.8) is 0 Å². The van der Waals surface area contributed by atoms with Crippen LogP contribution in [0.2, 0.25) is 0 Å². The van der Waals surface area contributed by atoms with Crippen LogP contribution in [0.1, 0.15) is 67.8 Å². The van der Waals surface area contributed by atoms with Crippen molar-refractivity contribution in [2.45, 2.75) is 64.2 Å². The maximum Gasteiger partial charge on any atom is 0.232 e. The molecule has 2 N–H and O–H groups in total. The van der Waals surface area contributed by atoms with Crippen molar-refractivity contribution >= 4 is 38.8 Å². The van der Waals surface area contributed by atoms with Crippen molar-refractivity contribution in [1.29, 1.82) is 0 Å². The molecule has 0 bridgehead atoms. The molecule has 1 amide bonds. The molecule has 5 rings (SSSR count). The number of carbonyl (C=O) groups excluding carboxylic acids is 1. The van der Waals surface area contributed by atoms with E-state index < -0.39 is 0 Å². The Hall–Kier alpha value is -3.57. The van der Waals surface area contributed by atoms with Crippen LogP contribution in [0.15, 0.2) is 66.1 Å². The maximum absolute atomic E-state index is 12.0. The van der Waals surface area contributed by atoms with E-state index in [-0.39, 0.29) is 12.3 Å². The largest absolute Gasteiger partial charge is 0.334 e. The van der Waals surface area contributed by atoms with E-state index in [0.717, 1.165) is 40.1 Å². The monoisotopic (exact) mass is 548 g/mol. The molecule has 0 atom stereocenters. The normalized spacial score (nSPS) is 13.9. The van der Waals surface area contributed by atoms with Crippen LogP contribution in [0.4, 0.5) is 10.3 Å². The Kier molecular flexibility index (Phi) is 10.8. The quantitative estimate of drug-likeness (QED) is 0.260. The summed E-state index contributed by atoms with van der Waals surface area (Å²) < 4.78 is 0. The van der Waals surface area contributed by atoms with Crippen LogP contribution in [0, 0.1) is 0 Å². The number of rotatable bonds is 9. The molecule has 0 radical (unpaired) electrons. The third-order valence-electron chi connectivity index (χ3n) is 5.88. The average molecular weight is 549 g/mol. The van der Waals surface area contributed by atoms with Crippen molar-refractivity contribution in [1.82, 2.24) is 30.4 Å². The molecule has 1 aliphatic rings. The number of nitrogens with one attached hydrogen (secondary N) is 2. The van der Waals surface area contributed by atoms with Gasteiger partial charge < -0.3 is 10.6 Å². The lowest BCUT2D eigenvalue weighted by Gasteiger charge is -2.18. The number of pyridine rings is 2. The van der Waals surface area contributed by atoms with Gasteiger partial charge in [-0.05, 0) is 43.5 Å². The highest BCUT2D eigenvalue weighted by molar-refractivity contribution is 7.15. The fourth-order valence-corrected chi connectivity index (χ4v) is 5.51. The first kappa shape index (κ1) is 27.5. The van der Waals surface area contributed by atoms with Crippen LogP contribution in [0.3, 0.4) is 0 Å². The highest BCUT2D eigenvalue weighted by Gasteiger charge is 2.20. The van der Waals surface area contributed by atoms with E-state index >= 15 is 0 Å². The van der Waals surface area contributed by atoms with E-state index in [2.05, 4.69) is 54.0 Å². The molecule has 0 unspecified atom stereocenters. The fourth-order valence-electron chi connectivity index (χ4n) is 4.11. The molecule has 0 spiro atoms. The second-order valence-electron chi connectivity index (χ2n) is 8.83. The number of nitrogens with zero attached hydrogens (tertiary/aromatic N) is 6. The molecule has 1 fully saturated rings. The molecule has 4 aromatic rings. The zero-order valence-corrected chi connectivity index (χ0v) is 23.0. The Morgan fingerprint density at radius 3 is 2.29 bits per heavy atom. The van der Waals surface area contributed by atoms with E-state index in [4.69, 9.17) is 0 Å². The lowest BCUT2D eigenvalue weighted by molar-refractivity contribution is -0.115. The molecular formula is C27H32N8OS2. The number of carbonyl (C=O) groups is 1. The molecule has 0 aromatic carbocycles. The molecular weight excluding hydrogens is 516 g/mol. The van der Waals surface area contributed by atoms with Crippen molar-refractivity contribution < 1.29 is 4.79 Å². The Balaban J connectivity index is 0.000000181. The predicted molar refractivity (Wildman–Crippen MR) is 152 cm³/mol. The van der Waals surface area contributed by atoms with E-state index in [9.17, 15) is 4.79 Å². The summed E-state index contributed by atoms with van der Waals surface area (Å²) in [4.78, 5) is 20.4. The maximum atomic E-state index is 12.0. The Morgan fingerprint density at radius 1 is 0.921 bits per heavy atom. The molecule has 0 saturated heterocycles. The second kappa shape index (κ2) is 15.0. The Bertz CT molecular complexity index is 1260. The van der Waals surface area contributed by atoms with E-state index in [0.29, 0.717) is 11.0 Å². The van der Waals surface area contributed by atoms with Crippen LogP contribution in [-0.2, 0) is 17.6 Å². The lowest BCUT2D eigenvalue weighted by Crippen LogP contribution is -2.14. The van der Waals surface area contributed by atoms with Crippen LogP contribution < -0.4 is 10.6 Å². The van der Waals surface area contributed by atoms with Gasteiger partial charge in [-0.15, -0.1) is 20.4 Å². The van der Waals surface area contributed by atoms with Crippen LogP contribution in [0.5, 0.6) is 0 Å². The van der Waals surface area contributed by atoms with Gasteiger partial charge >= 0.3 is 0 Å². The molecule has 38 heavy (non-hydrogen) atoms. The van der Waals surface area contributed by atoms with Gasteiger partial charge in [0.05, 0.1) is 6.42 Å². The smallest absolute Gasteiger partial charge is 0.232 e. The first-order valence-corrected chi connectivity index (χ1v) is 14.5. The van der Waals surface area contributed by atoms with Gasteiger partial charge in [-0.2, -0.15) is 0 Å². The Labute approximate surface area is 230 Å². The van der Waals surface area contributed by atoms with Crippen LogP contribution in [-0.4, -0.2) is 36.3 Å². The summed E-state index contributed by atoms with van der Waals surface area (Å²) in [7, 11) is 0. The summed E-state index contributed by atoms with van der Waals surface area (Å²) in [6.45, 7) is 2.11. The highest BCUT2D eigenvalue weighted by atomic mass is 32.1. The SMILES string of the molecule is CC/C=C(\Cc1ccccn1)Nc1nncs1.O=C(Cc1ccccn1)Nc1nnc(C2CCCCC2)s1. The first-order chi connectivity index (χ1) is 18.7. The second-order valence-corrected chi connectivity index (χ2v) is 10.7. The number of hydrogen-bond donors (Lipinski definition) is 2. The molecule has 11 heteroatoms. The number of hydrogen-bond acceptors (Lipinski definition) is 10. The van der Waals surface area contributed by atoms with Gasteiger partial charge in [0.15, 0.2) is 0 Å².